The number of hydrogen-bond donors (Lipinski definition) is 0. The van der Waals surface area contributed by atoms with Crippen molar-refractivity contribution in [3.63, 3.8) is 0 Å². The van der Waals surface area contributed by atoms with Gasteiger partial charge in [0.15, 0.2) is 0 Å². The maximum Gasteiger partial charge on any atom is 0.132 e. The summed E-state index contributed by atoms with van der Waals surface area (Å²) in [6.07, 6.45) is 2.22. The van der Waals surface area contributed by atoms with Crippen LogP contribution in [0.25, 0.3) is 5.57 Å². The highest BCUT2D eigenvalue weighted by molar-refractivity contribution is 5.61. The third kappa shape index (κ3) is 2.74. The zero-order valence-electron chi connectivity index (χ0n) is 12.7. The normalized spacial score (nSPS) is 11.4. The lowest BCUT2D eigenvalue weighted by atomic mass is 9.93. The van der Waals surface area contributed by atoms with Crippen molar-refractivity contribution in [3.05, 3.63) is 30.0 Å². The Morgan fingerprint density at radius 3 is 2.33 bits per heavy atom. The quantitative estimate of drug-likeness (QED) is 0.763. The molecule has 1 aromatic rings. The van der Waals surface area contributed by atoms with Crippen LogP contribution in [-0.2, 0) is 0 Å². The summed E-state index contributed by atoms with van der Waals surface area (Å²) in [7, 11) is 2.14. The molecule has 1 rings (SSSR count). The van der Waals surface area contributed by atoms with Gasteiger partial charge < -0.3 is 4.90 Å². The number of hydrogen-bond acceptors (Lipinski definition) is 2. The first kappa shape index (κ1) is 14.7. The summed E-state index contributed by atoms with van der Waals surface area (Å²) >= 11 is 0. The molecule has 0 saturated heterocycles. The smallest absolute Gasteiger partial charge is 0.132 e. The van der Waals surface area contributed by atoms with Crippen molar-refractivity contribution in [3.8, 4) is 0 Å². The third-order valence-corrected chi connectivity index (χ3v) is 4.16. The predicted molar refractivity (Wildman–Crippen MR) is 81.1 cm³/mol. The second kappa shape index (κ2) is 5.55. The molecule has 0 atom stereocenters. The molecule has 2 nitrogen and oxygen atoms in total. The Balaban J connectivity index is 3.23. The van der Waals surface area contributed by atoms with E-state index in [1.54, 1.807) is 0 Å². The number of pyridine rings is 1. The minimum Gasteiger partial charge on any atom is -0.354 e. The highest BCUT2D eigenvalue weighted by atomic mass is 15.2. The molecule has 0 unspecified atom stereocenters. The monoisotopic (exact) mass is 246 g/mol. The molecule has 0 N–H and O–H groups in total. The fourth-order valence-electron chi connectivity index (χ4n) is 2.08. The highest BCUT2D eigenvalue weighted by Gasteiger charge is 2.27. The van der Waals surface area contributed by atoms with E-state index in [2.05, 4.69) is 52.3 Å². The van der Waals surface area contributed by atoms with Crippen molar-refractivity contribution < 1.29 is 0 Å². The molecule has 18 heavy (non-hydrogen) atoms. The summed E-state index contributed by atoms with van der Waals surface area (Å²) in [5.74, 6) is 1.07. The highest BCUT2D eigenvalue weighted by Crippen LogP contribution is 2.29. The van der Waals surface area contributed by atoms with Crippen LogP contribution in [-0.4, -0.2) is 17.6 Å². The zero-order valence-corrected chi connectivity index (χ0v) is 12.7. The van der Waals surface area contributed by atoms with Crippen LogP contribution in [0, 0.1) is 6.92 Å². The number of aryl methyl sites for hydroxylation is 1. The lowest BCUT2D eigenvalue weighted by molar-refractivity contribution is 0.410. The van der Waals surface area contributed by atoms with E-state index in [-0.39, 0.29) is 5.54 Å². The number of allylic oxidation sites excluding steroid dienone is 1. The first-order chi connectivity index (χ1) is 8.35. The van der Waals surface area contributed by atoms with E-state index in [1.807, 2.05) is 13.0 Å². The molecule has 0 saturated carbocycles. The standard InChI is InChI=1S/C16H26N2/c1-8-16(6,9-2)18(7)15-13(5)10-11-14(17-15)12(3)4/h10-11H,3,8-9H2,1-2,4-7H3. The second-order valence-corrected chi connectivity index (χ2v) is 5.38. The Labute approximate surface area is 112 Å². The van der Waals surface area contributed by atoms with E-state index in [4.69, 9.17) is 4.98 Å². The van der Waals surface area contributed by atoms with Crippen LogP contribution in [0.4, 0.5) is 5.82 Å². The van der Waals surface area contributed by atoms with Gasteiger partial charge in [-0.15, -0.1) is 0 Å². The van der Waals surface area contributed by atoms with Crippen molar-refractivity contribution in [2.24, 2.45) is 0 Å². The Hall–Kier alpha value is -1.31. The van der Waals surface area contributed by atoms with Gasteiger partial charge in [0.05, 0.1) is 5.69 Å². The van der Waals surface area contributed by atoms with Gasteiger partial charge in [-0.3, -0.25) is 0 Å². The van der Waals surface area contributed by atoms with Gasteiger partial charge in [-0.2, -0.15) is 0 Å². The summed E-state index contributed by atoms with van der Waals surface area (Å²) in [4.78, 5) is 7.07. The van der Waals surface area contributed by atoms with Crippen molar-refractivity contribution in [2.75, 3.05) is 11.9 Å². The molecular formula is C16H26N2. The number of anilines is 1. The van der Waals surface area contributed by atoms with E-state index in [1.165, 1.54) is 5.56 Å². The van der Waals surface area contributed by atoms with E-state index >= 15 is 0 Å². The van der Waals surface area contributed by atoms with Crippen molar-refractivity contribution >= 4 is 11.4 Å². The van der Waals surface area contributed by atoms with Crippen LogP contribution in [0.2, 0.25) is 0 Å². The predicted octanol–water partition coefficient (Wildman–Crippen LogP) is 4.44. The summed E-state index contributed by atoms with van der Waals surface area (Å²) in [5, 5.41) is 0. The molecule has 0 amide bonds. The summed E-state index contributed by atoms with van der Waals surface area (Å²) in [6, 6.07) is 4.18. The Kier molecular flexibility index (Phi) is 4.55. The van der Waals surface area contributed by atoms with Crippen LogP contribution in [0.15, 0.2) is 18.7 Å². The number of rotatable bonds is 5. The Morgan fingerprint density at radius 2 is 1.89 bits per heavy atom. The minimum absolute atomic E-state index is 0.158. The van der Waals surface area contributed by atoms with Gasteiger partial charge >= 0.3 is 0 Å². The van der Waals surface area contributed by atoms with Crippen molar-refractivity contribution in [1.82, 2.24) is 4.98 Å². The fraction of sp³-hybridized carbons (Fsp3) is 0.562. The molecule has 1 heterocycles. The second-order valence-electron chi connectivity index (χ2n) is 5.38. The van der Waals surface area contributed by atoms with Gasteiger partial charge in [0.1, 0.15) is 5.82 Å². The third-order valence-electron chi connectivity index (χ3n) is 4.16. The van der Waals surface area contributed by atoms with Gasteiger partial charge in [0, 0.05) is 12.6 Å². The fourth-order valence-corrected chi connectivity index (χ4v) is 2.08. The molecule has 0 bridgehead atoms. The van der Waals surface area contributed by atoms with Gasteiger partial charge in [-0.25, -0.2) is 4.98 Å². The van der Waals surface area contributed by atoms with Gasteiger partial charge in [-0.1, -0.05) is 26.5 Å². The van der Waals surface area contributed by atoms with Gasteiger partial charge in [0.25, 0.3) is 0 Å². The molecule has 0 aromatic carbocycles. The molecule has 0 aliphatic rings. The molecule has 0 radical (unpaired) electrons. The van der Waals surface area contributed by atoms with Crippen LogP contribution in [0.3, 0.4) is 0 Å². The molecule has 100 valence electrons. The Morgan fingerprint density at radius 1 is 1.33 bits per heavy atom. The maximum atomic E-state index is 4.76. The largest absolute Gasteiger partial charge is 0.354 e. The van der Waals surface area contributed by atoms with Crippen LogP contribution >= 0.6 is 0 Å². The van der Waals surface area contributed by atoms with Crippen LogP contribution in [0.1, 0.15) is 51.8 Å². The van der Waals surface area contributed by atoms with Gasteiger partial charge in [0.2, 0.25) is 0 Å². The summed E-state index contributed by atoms with van der Waals surface area (Å²) in [5.41, 5.74) is 3.37. The van der Waals surface area contributed by atoms with E-state index < -0.39 is 0 Å². The van der Waals surface area contributed by atoms with Crippen LogP contribution in [0.5, 0.6) is 0 Å². The first-order valence-corrected chi connectivity index (χ1v) is 6.73. The average molecular weight is 246 g/mol. The molecule has 0 fully saturated rings. The molecular weight excluding hydrogens is 220 g/mol. The lowest BCUT2D eigenvalue weighted by Crippen LogP contribution is -2.43. The first-order valence-electron chi connectivity index (χ1n) is 6.73. The molecule has 1 aromatic heterocycles. The Bertz CT molecular complexity index is 431. The number of aromatic nitrogens is 1. The summed E-state index contributed by atoms with van der Waals surface area (Å²) < 4.78 is 0. The molecule has 0 spiro atoms. The van der Waals surface area contributed by atoms with Crippen molar-refractivity contribution in [1.29, 1.82) is 0 Å². The van der Waals surface area contributed by atoms with E-state index in [9.17, 15) is 0 Å². The molecule has 2 heteroatoms. The summed E-state index contributed by atoms with van der Waals surface area (Å²) in [6.45, 7) is 14.9. The lowest BCUT2D eigenvalue weighted by Gasteiger charge is -2.39. The van der Waals surface area contributed by atoms with Gasteiger partial charge in [-0.05, 0) is 50.8 Å². The SMILES string of the molecule is C=C(C)c1ccc(C)c(N(C)C(C)(CC)CC)n1. The topological polar surface area (TPSA) is 16.1 Å². The molecule has 0 aliphatic carbocycles. The van der Waals surface area contributed by atoms with E-state index in [0.717, 1.165) is 29.9 Å². The average Bonchev–Trinajstić information content (AvgIpc) is 2.37. The zero-order chi connectivity index (χ0) is 13.9. The van der Waals surface area contributed by atoms with Crippen LogP contribution < -0.4 is 4.90 Å². The van der Waals surface area contributed by atoms with E-state index in [0.29, 0.717) is 0 Å². The molecule has 0 aliphatic heterocycles. The number of nitrogens with zero attached hydrogens (tertiary/aromatic N) is 2. The maximum absolute atomic E-state index is 4.76. The minimum atomic E-state index is 0.158. The van der Waals surface area contributed by atoms with Crippen molar-refractivity contribution in [2.45, 2.75) is 53.0 Å².